The molecule has 0 aliphatic carbocycles. The summed E-state index contributed by atoms with van der Waals surface area (Å²) in [5.41, 5.74) is 0.602. The van der Waals surface area contributed by atoms with Crippen LogP contribution in [0, 0.1) is 11.7 Å². The molecule has 0 radical (unpaired) electrons. The number of piperidine rings is 1. The molecule has 1 aliphatic rings. The van der Waals surface area contributed by atoms with Gasteiger partial charge in [-0.2, -0.15) is 0 Å². The van der Waals surface area contributed by atoms with E-state index in [1.807, 2.05) is 6.92 Å². The maximum absolute atomic E-state index is 13.7. The number of carboxylic acids is 1. The van der Waals surface area contributed by atoms with Crippen LogP contribution in [-0.2, 0) is 11.3 Å². The van der Waals surface area contributed by atoms with Crippen LogP contribution in [-0.4, -0.2) is 28.6 Å². The molecule has 1 saturated heterocycles. The van der Waals surface area contributed by atoms with Crippen LogP contribution < -0.4 is 0 Å². The number of rotatable bonds is 3. The molecule has 5 heteroatoms. The summed E-state index contributed by atoms with van der Waals surface area (Å²) < 4.78 is 13.7. The summed E-state index contributed by atoms with van der Waals surface area (Å²) in [6.45, 7) is 3.17. The van der Waals surface area contributed by atoms with Gasteiger partial charge in [-0.1, -0.05) is 17.7 Å². The van der Waals surface area contributed by atoms with Gasteiger partial charge in [-0.15, -0.1) is 0 Å². The third kappa shape index (κ3) is 3.45. The molecule has 104 valence electrons. The molecule has 19 heavy (non-hydrogen) atoms. The molecule has 1 aromatic carbocycles. The van der Waals surface area contributed by atoms with E-state index < -0.39 is 5.97 Å². The second-order valence-electron chi connectivity index (χ2n) is 5.11. The average molecular weight is 286 g/mol. The summed E-state index contributed by atoms with van der Waals surface area (Å²) in [6, 6.07) is 4.82. The lowest BCUT2D eigenvalue weighted by molar-refractivity contribution is -0.144. The average Bonchev–Trinajstić information content (AvgIpc) is 2.34. The van der Waals surface area contributed by atoms with Crippen molar-refractivity contribution in [3.63, 3.8) is 0 Å². The summed E-state index contributed by atoms with van der Waals surface area (Å²) in [7, 11) is 0. The van der Waals surface area contributed by atoms with Crippen LogP contribution in [0.4, 0.5) is 4.39 Å². The van der Waals surface area contributed by atoms with Crippen LogP contribution in [0.3, 0.4) is 0 Å². The Morgan fingerprint density at radius 1 is 1.58 bits per heavy atom. The molecule has 1 aromatic rings. The van der Waals surface area contributed by atoms with Gasteiger partial charge in [0.25, 0.3) is 0 Å². The van der Waals surface area contributed by atoms with Gasteiger partial charge in [0.15, 0.2) is 0 Å². The highest BCUT2D eigenvalue weighted by Gasteiger charge is 2.29. The fourth-order valence-electron chi connectivity index (χ4n) is 2.55. The maximum atomic E-state index is 13.7. The zero-order valence-electron chi connectivity index (χ0n) is 10.8. The van der Waals surface area contributed by atoms with Gasteiger partial charge < -0.3 is 5.11 Å². The Balaban J connectivity index is 2.02. The van der Waals surface area contributed by atoms with Crippen LogP contribution in [0.25, 0.3) is 0 Å². The number of carbonyl (C=O) groups is 1. The maximum Gasteiger partial charge on any atom is 0.306 e. The highest BCUT2D eigenvalue weighted by atomic mass is 35.5. The lowest BCUT2D eigenvalue weighted by Crippen LogP contribution is -2.42. The van der Waals surface area contributed by atoms with Crippen molar-refractivity contribution in [3.05, 3.63) is 34.6 Å². The topological polar surface area (TPSA) is 40.5 Å². The van der Waals surface area contributed by atoms with E-state index in [2.05, 4.69) is 4.90 Å². The molecule has 0 spiro atoms. The molecule has 1 heterocycles. The second-order valence-corrected chi connectivity index (χ2v) is 5.55. The van der Waals surface area contributed by atoms with Gasteiger partial charge >= 0.3 is 5.97 Å². The first-order valence-electron chi connectivity index (χ1n) is 6.38. The smallest absolute Gasteiger partial charge is 0.306 e. The second kappa shape index (κ2) is 5.88. The number of benzene rings is 1. The van der Waals surface area contributed by atoms with Gasteiger partial charge in [-0.25, -0.2) is 4.39 Å². The van der Waals surface area contributed by atoms with Gasteiger partial charge in [-0.3, -0.25) is 9.69 Å². The minimum atomic E-state index is -0.732. The Morgan fingerprint density at radius 3 is 2.89 bits per heavy atom. The fourth-order valence-corrected chi connectivity index (χ4v) is 2.71. The van der Waals surface area contributed by atoms with Crippen molar-refractivity contribution >= 4 is 17.6 Å². The Morgan fingerprint density at radius 2 is 2.32 bits per heavy atom. The lowest BCUT2D eigenvalue weighted by Gasteiger charge is -2.36. The van der Waals surface area contributed by atoms with Crippen molar-refractivity contribution in [2.45, 2.75) is 32.4 Å². The van der Waals surface area contributed by atoms with E-state index in [4.69, 9.17) is 16.7 Å². The largest absolute Gasteiger partial charge is 0.481 e. The molecule has 0 amide bonds. The van der Waals surface area contributed by atoms with Gasteiger partial charge in [-0.05, 0) is 38.4 Å². The number of aliphatic carboxylic acids is 1. The van der Waals surface area contributed by atoms with Crippen molar-refractivity contribution < 1.29 is 14.3 Å². The molecule has 2 atom stereocenters. The van der Waals surface area contributed by atoms with E-state index in [0.717, 1.165) is 0 Å². The summed E-state index contributed by atoms with van der Waals surface area (Å²) in [5.74, 6) is -1.31. The zero-order chi connectivity index (χ0) is 14.0. The molecule has 0 saturated carbocycles. The first-order chi connectivity index (χ1) is 8.97. The van der Waals surface area contributed by atoms with Crippen molar-refractivity contribution in [1.82, 2.24) is 4.90 Å². The van der Waals surface area contributed by atoms with E-state index in [1.165, 1.54) is 6.07 Å². The molecule has 2 rings (SSSR count). The SMILES string of the molecule is CC1CC(C(=O)O)CCN1Cc1ccc(Cl)cc1F. The van der Waals surface area contributed by atoms with Crippen LogP contribution in [0.2, 0.25) is 5.02 Å². The normalized spacial score (nSPS) is 24.4. The minimum absolute atomic E-state index is 0.143. The van der Waals surface area contributed by atoms with E-state index in [-0.39, 0.29) is 17.8 Å². The summed E-state index contributed by atoms with van der Waals surface area (Å²) >= 11 is 5.72. The molecule has 0 aromatic heterocycles. The number of hydrogen-bond donors (Lipinski definition) is 1. The fraction of sp³-hybridized carbons (Fsp3) is 0.500. The molecule has 2 unspecified atom stereocenters. The number of halogens is 2. The quantitative estimate of drug-likeness (QED) is 0.927. The molecule has 1 fully saturated rings. The van der Waals surface area contributed by atoms with Crippen molar-refractivity contribution in [2.24, 2.45) is 5.92 Å². The molecule has 1 aliphatic heterocycles. The highest BCUT2D eigenvalue weighted by molar-refractivity contribution is 6.30. The molecule has 0 bridgehead atoms. The van der Waals surface area contributed by atoms with Crippen LogP contribution >= 0.6 is 11.6 Å². The molecule has 3 nitrogen and oxygen atoms in total. The minimum Gasteiger partial charge on any atom is -0.481 e. The first-order valence-corrected chi connectivity index (χ1v) is 6.76. The standard InChI is InChI=1S/C14H17ClFNO2/c1-9-6-10(14(18)19)4-5-17(9)8-11-2-3-12(15)7-13(11)16/h2-3,7,9-10H,4-6,8H2,1H3,(H,18,19). The van der Waals surface area contributed by atoms with Crippen LogP contribution in [0.1, 0.15) is 25.3 Å². The Bertz CT molecular complexity index is 481. The monoisotopic (exact) mass is 285 g/mol. The molecular weight excluding hydrogens is 269 g/mol. The van der Waals surface area contributed by atoms with Gasteiger partial charge in [0.05, 0.1) is 5.92 Å². The van der Waals surface area contributed by atoms with Gasteiger partial charge in [0.1, 0.15) is 5.82 Å². The van der Waals surface area contributed by atoms with Crippen molar-refractivity contribution in [3.8, 4) is 0 Å². The lowest BCUT2D eigenvalue weighted by atomic mass is 9.91. The number of nitrogens with zero attached hydrogens (tertiary/aromatic N) is 1. The van der Waals surface area contributed by atoms with Gasteiger partial charge in [0.2, 0.25) is 0 Å². The van der Waals surface area contributed by atoms with E-state index in [1.54, 1.807) is 12.1 Å². The first kappa shape index (κ1) is 14.3. The van der Waals surface area contributed by atoms with E-state index in [0.29, 0.717) is 36.5 Å². The van der Waals surface area contributed by atoms with Crippen LogP contribution in [0.5, 0.6) is 0 Å². The Labute approximate surface area is 117 Å². The summed E-state index contributed by atoms with van der Waals surface area (Å²) in [4.78, 5) is 13.1. The predicted molar refractivity (Wildman–Crippen MR) is 71.6 cm³/mol. The Kier molecular flexibility index (Phi) is 4.42. The predicted octanol–water partition coefficient (Wildman–Crippen LogP) is 3.16. The Hall–Kier alpha value is -1.13. The summed E-state index contributed by atoms with van der Waals surface area (Å²) in [5, 5.41) is 9.40. The van der Waals surface area contributed by atoms with Crippen LogP contribution in [0.15, 0.2) is 18.2 Å². The van der Waals surface area contributed by atoms with Gasteiger partial charge in [0, 0.05) is 23.2 Å². The van der Waals surface area contributed by atoms with E-state index >= 15 is 0 Å². The van der Waals surface area contributed by atoms with Crippen molar-refractivity contribution in [2.75, 3.05) is 6.54 Å². The molecule has 1 N–H and O–H groups in total. The zero-order valence-corrected chi connectivity index (χ0v) is 11.5. The number of carboxylic acid groups (broad SMARTS) is 1. The van der Waals surface area contributed by atoms with E-state index in [9.17, 15) is 9.18 Å². The molecular formula is C14H17ClFNO2. The van der Waals surface area contributed by atoms with Crippen molar-refractivity contribution in [1.29, 1.82) is 0 Å². The third-order valence-electron chi connectivity index (χ3n) is 3.75. The highest BCUT2D eigenvalue weighted by Crippen LogP contribution is 2.25. The number of hydrogen-bond acceptors (Lipinski definition) is 2. The third-order valence-corrected chi connectivity index (χ3v) is 3.99. The number of likely N-dealkylation sites (tertiary alicyclic amines) is 1. The summed E-state index contributed by atoms with van der Waals surface area (Å²) in [6.07, 6.45) is 1.24.